The summed E-state index contributed by atoms with van der Waals surface area (Å²) in [6.45, 7) is 10.4. The first kappa shape index (κ1) is 20.3. The first-order valence-corrected chi connectivity index (χ1v) is 9.58. The molecule has 0 fully saturated rings. The Balaban J connectivity index is 2.07. The van der Waals surface area contributed by atoms with Gasteiger partial charge < -0.3 is 29.6 Å². The van der Waals surface area contributed by atoms with Crippen molar-refractivity contribution in [2.45, 2.75) is 50.9 Å². The van der Waals surface area contributed by atoms with Crippen LogP contribution in [0.25, 0.3) is 21.9 Å². The number of benzene rings is 2. The fraction of sp³-hybridized carbons (Fsp3) is 0.348. The van der Waals surface area contributed by atoms with Crippen molar-refractivity contribution in [1.29, 1.82) is 0 Å². The lowest BCUT2D eigenvalue weighted by molar-refractivity contribution is -0.0760. The van der Waals surface area contributed by atoms with Gasteiger partial charge in [-0.25, -0.2) is 0 Å². The molecule has 3 aromatic rings. The number of rotatable bonds is 3. The minimum Gasteiger partial charge on any atom is -0.507 e. The fourth-order valence-corrected chi connectivity index (χ4v) is 3.89. The predicted octanol–water partition coefficient (Wildman–Crippen LogP) is 3.39. The maximum absolute atomic E-state index is 13.3. The highest BCUT2D eigenvalue weighted by molar-refractivity contribution is 5.99. The number of aromatic hydroxyl groups is 2. The summed E-state index contributed by atoms with van der Waals surface area (Å²) in [5.41, 5.74) is -2.06. The zero-order valence-electron chi connectivity index (χ0n) is 17.2. The smallest absolute Gasteiger partial charge is 0.204 e. The molecule has 2 unspecified atom stereocenters. The number of hydrogen-bond acceptors (Lipinski definition) is 7. The first-order chi connectivity index (χ1) is 13.9. The summed E-state index contributed by atoms with van der Waals surface area (Å²) in [6.07, 6.45) is -0.477. The van der Waals surface area contributed by atoms with Crippen LogP contribution >= 0.6 is 0 Å². The number of phenols is 2. The van der Waals surface area contributed by atoms with Crippen molar-refractivity contribution < 1.29 is 29.6 Å². The molecule has 2 atom stereocenters. The molecule has 0 spiro atoms. The van der Waals surface area contributed by atoms with Gasteiger partial charge in [-0.05, 0) is 26.0 Å². The van der Waals surface area contributed by atoms with Crippen LogP contribution in [-0.2, 0) is 5.41 Å². The lowest BCUT2D eigenvalue weighted by Crippen LogP contribution is -2.41. The van der Waals surface area contributed by atoms with Crippen molar-refractivity contribution in [1.82, 2.24) is 0 Å². The molecule has 1 aliphatic heterocycles. The lowest BCUT2D eigenvalue weighted by atomic mass is 9.83. The minimum atomic E-state index is -1.35. The number of hydrogen-bond donors (Lipinski definition) is 4. The van der Waals surface area contributed by atoms with Gasteiger partial charge in [0.2, 0.25) is 5.43 Å². The van der Waals surface area contributed by atoms with Crippen LogP contribution in [0, 0.1) is 0 Å². The van der Waals surface area contributed by atoms with Gasteiger partial charge in [0, 0.05) is 16.5 Å². The quantitative estimate of drug-likeness (QED) is 0.296. The Bertz CT molecular complexity index is 1260. The molecule has 2 heterocycles. The molecule has 0 saturated heterocycles. The molecule has 7 heteroatoms. The molecule has 4 rings (SSSR count). The Morgan fingerprint density at radius 1 is 1.13 bits per heavy atom. The average molecular weight is 412 g/mol. The number of aliphatic hydroxyl groups excluding tert-OH is 1. The summed E-state index contributed by atoms with van der Waals surface area (Å²) in [6, 6.07) is 4.35. The Morgan fingerprint density at radius 2 is 1.80 bits per heavy atom. The van der Waals surface area contributed by atoms with E-state index in [1.165, 1.54) is 32.0 Å². The van der Waals surface area contributed by atoms with Gasteiger partial charge in [-0.1, -0.05) is 26.0 Å². The van der Waals surface area contributed by atoms with Crippen molar-refractivity contribution in [2.24, 2.45) is 0 Å². The van der Waals surface area contributed by atoms with E-state index in [0.29, 0.717) is 11.1 Å². The summed E-state index contributed by atoms with van der Waals surface area (Å²) in [5.74, 6) is -0.485. The van der Waals surface area contributed by atoms with Crippen molar-refractivity contribution >= 4 is 21.9 Å². The summed E-state index contributed by atoms with van der Waals surface area (Å²) in [4.78, 5) is 13.3. The number of aliphatic hydroxyl groups is 2. The normalized spacial score (nSPS) is 19.1. The maximum atomic E-state index is 13.3. The molecule has 4 N–H and O–H groups in total. The van der Waals surface area contributed by atoms with E-state index in [-0.39, 0.29) is 39.2 Å². The van der Waals surface area contributed by atoms with E-state index in [4.69, 9.17) is 9.15 Å². The molecule has 7 nitrogen and oxygen atoms in total. The second-order valence-corrected chi connectivity index (χ2v) is 8.85. The van der Waals surface area contributed by atoms with Gasteiger partial charge in [0.1, 0.15) is 17.2 Å². The first-order valence-electron chi connectivity index (χ1n) is 9.58. The van der Waals surface area contributed by atoms with E-state index in [2.05, 4.69) is 6.58 Å². The van der Waals surface area contributed by atoms with Crippen LogP contribution in [0.3, 0.4) is 0 Å². The Labute approximate surface area is 172 Å². The van der Waals surface area contributed by atoms with Crippen molar-refractivity contribution in [2.75, 3.05) is 0 Å². The van der Waals surface area contributed by atoms with Gasteiger partial charge in [0.05, 0.1) is 11.0 Å². The molecular formula is C23H24O7. The molecule has 0 aliphatic carbocycles. The van der Waals surface area contributed by atoms with E-state index in [0.717, 1.165) is 0 Å². The van der Waals surface area contributed by atoms with Crippen molar-refractivity contribution in [3.8, 4) is 17.2 Å². The molecule has 1 aliphatic rings. The molecule has 0 radical (unpaired) electrons. The van der Waals surface area contributed by atoms with Gasteiger partial charge >= 0.3 is 0 Å². The summed E-state index contributed by atoms with van der Waals surface area (Å²) < 4.78 is 11.6. The molecule has 0 amide bonds. The zero-order valence-corrected chi connectivity index (χ0v) is 17.2. The number of phenolic OH excluding ortho intramolecular Hbond substituents is 2. The zero-order chi connectivity index (χ0) is 22.2. The summed E-state index contributed by atoms with van der Waals surface area (Å²) >= 11 is 0. The highest BCUT2D eigenvalue weighted by Gasteiger charge is 2.44. The van der Waals surface area contributed by atoms with Gasteiger partial charge in [-0.2, -0.15) is 0 Å². The van der Waals surface area contributed by atoms with Gasteiger partial charge in [0.15, 0.2) is 28.8 Å². The van der Waals surface area contributed by atoms with E-state index >= 15 is 0 Å². The second-order valence-electron chi connectivity index (χ2n) is 8.85. The summed E-state index contributed by atoms with van der Waals surface area (Å²) in [5, 5.41) is 42.3. The molecular weight excluding hydrogens is 388 g/mol. The fourth-order valence-electron chi connectivity index (χ4n) is 3.89. The van der Waals surface area contributed by atoms with Gasteiger partial charge in [-0.15, -0.1) is 6.58 Å². The van der Waals surface area contributed by atoms with Gasteiger partial charge in [-0.3, -0.25) is 4.79 Å². The molecule has 0 saturated carbocycles. The Morgan fingerprint density at radius 3 is 2.40 bits per heavy atom. The van der Waals surface area contributed by atoms with Crippen LogP contribution in [0.5, 0.6) is 17.2 Å². The molecule has 30 heavy (non-hydrogen) atoms. The maximum Gasteiger partial charge on any atom is 0.204 e. The van der Waals surface area contributed by atoms with E-state index in [9.17, 15) is 25.2 Å². The van der Waals surface area contributed by atoms with E-state index in [1.807, 2.05) is 0 Å². The van der Waals surface area contributed by atoms with E-state index in [1.54, 1.807) is 19.9 Å². The Kier molecular flexibility index (Phi) is 4.21. The van der Waals surface area contributed by atoms with Crippen LogP contribution in [0.2, 0.25) is 0 Å². The second kappa shape index (κ2) is 6.23. The highest BCUT2D eigenvalue weighted by atomic mass is 16.5. The monoisotopic (exact) mass is 412 g/mol. The predicted molar refractivity (Wildman–Crippen MR) is 112 cm³/mol. The molecule has 0 bridgehead atoms. The average Bonchev–Trinajstić information content (AvgIpc) is 3.02. The standard InChI is InChI=1S/C23H24O7/c1-6-22(2,3)12-9-13(24)20-14(17(12)27)15(25)10-7-8-11-16(26)21(23(4,5)28)30-19(11)18(10)29-20/h6-9,16,21,24,26-28H,1H2,2-5H3. The van der Waals surface area contributed by atoms with Crippen LogP contribution in [0.15, 0.2) is 40.1 Å². The molecule has 2 aromatic carbocycles. The number of allylic oxidation sites excluding steroid dienone is 1. The van der Waals surface area contributed by atoms with Crippen LogP contribution in [0.4, 0.5) is 0 Å². The SMILES string of the molecule is C=CC(C)(C)c1cc(O)c2oc3c4c(ccc3c(=O)c2c1O)C(O)C(C(C)(C)O)O4. The highest BCUT2D eigenvalue weighted by Crippen LogP contribution is 2.47. The topological polar surface area (TPSA) is 120 Å². The number of ether oxygens (including phenoxy) is 1. The molecule has 158 valence electrons. The largest absolute Gasteiger partial charge is 0.507 e. The van der Waals surface area contributed by atoms with E-state index < -0.39 is 28.7 Å². The molecule has 1 aromatic heterocycles. The third kappa shape index (κ3) is 2.69. The van der Waals surface area contributed by atoms with Crippen molar-refractivity contribution in [3.05, 3.63) is 52.2 Å². The lowest BCUT2D eigenvalue weighted by Gasteiger charge is -2.27. The minimum absolute atomic E-state index is 0.0289. The van der Waals surface area contributed by atoms with Crippen LogP contribution in [-0.4, -0.2) is 32.1 Å². The summed E-state index contributed by atoms with van der Waals surface area (Å²) in [7, 11) is 0. The van der Waals surface area contributed by atoms with Crippen molar-refractivity contribution in [3.63, 3.8) is 0 Å². The van der Waals surface area contributed by atoms with Gasteiger partial charge in [0.25, 0.3) is 0 Å². The number of fused-ring (bicyclic) bond motifs is 4. The third-order valence-electron chi connectivity index (χ3n) is 5.80. The Hall–Kier alpha value is -3.03. The van der Waals surface area contributed by atoms with Crippen LogP contribution < -0.4 is 10.2 Å². The van der Waals surface area contributed by atoms with Crippen LogP contribution in [0.1, 0.15) is 44.9 Å². The third-order valence-corrected chi connectivity index (χ3v) is 5.80.